The Morgan fingerprint density at radius 2 is 1.73 bits per heavy atom. The summed E-state index contributed by atoms with van der Waals surface area (Å²) in [4.78, 5) is 16.0. The summed E-state index contributed by atoms with van der Waals surface area (Å²) >= 11 is 0. The molecule has 2 rings (SSSR count). The standard InChI is InChI=1S/C13H15NO/c1-13(2,3)12-10-7-5-4-6-9(10)11(15)8-14-12/h4-7H,8H2,1-3H3. The first kappa shape index (κ1) is 10.1. The van der Waals surface area contributed by atoms with E-state index in [0.717, 1.165) is 16.8 Å². The molecular weight excluding hydrogens is 186 g/mol. The van der Waals surface area contributed by atoms with Gasteiger partial charge >= 0.3 is 0 Å². The lowest BCUT2D eigenvalue weighted by molar-refractivity contribution is 0.0999. The quantitative estimate of drug-likeness (QED) is 0.634. The largest absolute Gasteiger partial charge is 0.292 e. The van der Waals surface area contributed by atoms with E-state index in [-0.39, 0.29) is 11.2 Å². The highest BCUT2D eigenvalue weighted by molar-refractivity contribution is 6.16. The molecule has 0 radical (unpaired) electrons. The van der Waals surface area contributed by atoms with Gasteiger partial charge in [0, 0.05) is 22.3 Å². The molecule has 78 valence electrons. The average Bonchev–Trinajstić information content (AvgIpc) is 2.17. The maximum Gasteiger partial charge on any atom is 0.184 e. The van der Waals surface area contributed by atoms with Gasteiger partial charge in [0.05, 0.1) is 0 Å². The van der Waals surface area contributed by atoms with Gasteiger partial charge in [-0.1, -0.05) is 45.0 Å². The average molecular weight is 201 g/mol. The van der Waals surface area contributed by atoms with E-state index in [1.807, 2.05) is 24.3 Å². The lowest BCUT2D eigenvalue weighted by atomic mass is 9.81. The van der Waals surface area contributed by atoms with Crippen molar-refractivity contribution in [1.29, 1.82) is 0 Å². The van der Waals surface area contributed by atoms with Crippen molar-refractivity contribution in [1.82, 2.24) is 0 Å². The lowest BCUT2D eigenvalue weighted by Gasteiger charge is -2.26. The van der Waals surface area contributed by atoms with Gasteiger partial charge in [-0.15, -0.1) is 0 Å². The van der Waals surface area contributed by atoms with Crippen LogP contribution in [0.15, 0.2) is 29.3 Å². The zero-order valence-electron chi connectivity index (χ0n) is 9.37. The molecule has 1 aliphatic heterocycles. The summed E-state index contributed by atoms with van der Waals surface area (Å²) in [5.74, 6) is 0.124. The van der Waals surface area contributed by atoms with Crippen molar-refractivity contribution in [2.75, 3.05) is 6.54 Å². The second-order valence-corrected chi connectivity index (χ2v) is 4.88. The molecule has 0 fully saturated rings. The van der Waals surface area contributed by atoms with E-state index >= 15 is 0 Å². The van der Waals surface area contributed by atoms with Gasteiger partial charge in [0.15, 0.2) is 5.78 Å². The third-order valence-electron chi connectivity index (χ3n) is 2.57. The van der Waals surface area contributed by atoms with E-state index < -0.39 is 0 Å². The van der Waals surface area contributed by atoms with E-state index in [4.69, 9.17) is 0 Å². The summed E-state index contributed by atoms with van der Waals surface area (Å²) in [6, 6.07) is 7.73. The van der Waals surface area contributed by atoms with Crippen molar-refractivity contribution in [3.8, 4) is 0 Å². The molecule has 0 atom stereocenters. The number of nitrogens with zero attached hydrogens (tertiary/aromatic N) is 1. The Kier molecular flexibility index (Phi) is 2.22. The molecule has 0 aromatic heterocycles. The van der Waals surface area contributed by atoms with Crippen LogP contribution in [0.25, 0.3) is 0 Å². The van der Waals surface area contributed by atoms with Crippen molar-refractivity contribution in [3.05, 3.63) is 35.4 Å². The van der Waals surface area contributed by atoms with Crippen LogP contribution in [-0.4, -0.2) is 18.0 Å². The zero-order chi connectivity index (χ0) is 11.1. The maximum absolute atomic E-state index is 11.7. The van der Waals surface area contributed by atoms with Crippen LogP contribution in [-0.2, 0) is 0 Å². The molecule has 2 nitrogen and oxygen atoms in total. The smallest absolute Gasteiger partial charge is 0.184 e. The summed E-state index contributed by atoms with van der Waals surface area (Å²) in [6.45, 7) is 6.67. The highest BCUT2D eigenvalue weighted by Gasteiger charge is 2.27. The van der Waals surface area contributed by atoms with Crippen molar-refractivity contribution in [2.45, 2.75) is 20.8 Å². The zero-order valence-corrected chi connectivity index (χ0v) is 9.37. The van der Waals surface area contributed by atoms with Gasteiger partial charge in [0.2, 0.25) is 0 Å². The van der Waals surface area contributed by atoms with Crippen LogP contribution in [0.3, 0.4) is 0 Å². The van der Waals surface area contributed by atoms with Gasteiger partial charge in [-0.3, -0.25) is 9.79 Å². The molecule has 1 aromatic rings. The topological polar surface area (TPSA) is 29.4 Å². The van der Waals surface area contributed by atoms with Crippen LogP contribution in [0.2, 0.25) is 0 Å². The second-order valence-electron chi connectivity index (χ2n) is 4.88. The van der Waals surface area contributed by atoms with Gasteiger partial charge in [0.25, 0.3) is 0 Å². The van der Waals surface area contributed by atoms with Crippen LogP contribution >= 0.6 is 0 Å². The minimum atomic E-state index is -0.00317. The van der Waals surface area contributed by atoms with E-state index in [1.165, 1.54) is 0 Å². The molecule has 0 saturated heterocycles. The Bertz CT molecular complexity index is 438. The molecule has 1 aromatic carbocycles. The number of carbonyl (C=O) groups is 1. The number of fused-ring (bicyclic) bond motifs is 1. The van der Waals surface area contributed by atoms with Crippen LogP contribution in [0.1, 0.15) is 36.7 Å². The van der Waals surface area contributed by atoms with Gasteiger partial charge < -0.3 is 0 Å². The Balaban J connectivity index is 2.59. The van der Waals surface area contributed by atoms with Gasteiger partial charge in [0.1, 0.15) is 6.54 Å². The molecule has 0 aliphatic carbocycles. The van der Waals surface area contributed by atoms with Crippen LogP contribution in [0.4, 0.5) is 0 Å². The van der Waals surface area contributed by atoms with E-state index in [0.29, 0.717) is 6.54 Å². The fraction of sp³-hybridized carbons (Fsp3) is 0.385. The molecule has 0 spiro atoms. The van der Waals surface area contributed by atoms with E-state index in [9.17, 15) is 4.79 Å². The second kappa shape index (κ2) is 3.30. The maximum atomic E-state index is 11.7. The van der Waals surface area contributed by atoms with E-state index in [1.54, 1.807) is 0 Å². The minimum Gasteiger partial charge on any atom is -0.292 e. The monoisotopic (exact) mass is 201 g/mol. The molecule has 2 heteroatoms. The summed E-state index contributed by atoms with van der Waals surface area (Å²) in [5.41, 5.74) is 2.85. The molecule has 0 saturated carbocycles. The minimum absolute atomic E-state index is 0.00317. The molecule has 1 aliphatic rings. The predicted octanol–water partition coefficient (Wildman–Crippen LogP) is 2.72. The Morgan fingerprint density at radius 3 is 2.33 bits per heavy atom. The predicted molar refractivity (Wildman–Crippen MR) is 61.6 cm³/mol. The number of Topliss-reactive ketones (excluding diaryl/α,β-unsaturated/α-hetero) is 1. The molecular formula is C13H15NO. The summed E-state index contributed by atoms with van der Waals surface area (Å²) in [7, 11) is 0. The number of ketones is 1. The first-order valence-electron chi connectivity index (χ1n) is 5.17. The molecule has 0 amide bonds. The van der Waals surface area contributed by atoms with Gasteiger partial charge in [-0.2, -0.15) is 0 Å². The highest BCUT2D eigenvalue weighted by atomic mass is 16.1. The third kappa shape index (κ3) is 1.72. The van der Waals surface area contributed by atoms with Gasteiger partial charge in [-0.25, -0.2) is 0 Å². The summed E-state index contributed by atoms with van der Waals surface area (Å²) in [5, 5.41) is 0. The number of hydrogen-bond donors (Lipinski definition) is 0. The van der Waals surface area contributed by atoms with Crippen LogP contribution < -0.4 is 0 Å². The van der Waals surface area contributed by atoms with Gasteiger partial charge in [-0.05, 0) is 0 Å². The molecule has 15 heavy (non-hydrogen) atoms. The number of aliphatic imine (C=N–C) groups is 1. The third-order valence-corrected chi connectivity index (χ3v) is 2.57. The highest BCUT2D eigenvalue weighted by Crippen LogP contribution is 2.27. The Labute approximate surface area is 90.0 Å². The van der Waals surface area contributed by atoms with Crippen molar-refractivity contribution >= 4 is 11.5 Å². The molecule has 1 heterocycles. The number of benzene rings is 1. The first-order valence-corrected chi connectivity index (χ1v) is 5.17. The Hall–Kier alpha value is -1.44. The molecule has 0 bridgehead atoms. The summed E-state index contributed by atoms with van der Waals surface area (Å²) in [6.07, 6.45) is 0. The van der Waals surface area contributed by atoms with E-state index in [2.05, 4.69) is 25.8 Å². The van der Waals surface area contributed by atoms with Crippen LogP contribution in [0.5, 0.6) is 0 Å². The number of carbonyl (C=O) groups excluding carboxylic acids is 1. The normalized spacial score (nSPS) is 15.9. The fourth-order valence-electron chi connectivity index (χ4n) is 1.90. The van der Waals surface area contributed by atoms with Crippen molar-refractivity contribution < 1.29 is 4.79 Å². The lowest BCUT2D eigenvalue weighted by Crippen LogP contribution is -2.28. The molecule has 0 unspecified atom stereocenters. The van der Waals surface area contributed by atoms with Crippen molar-refractivity contribution in [2.24, 2.45) is 10.4 Å². The van der Waals surface area contributed by atoms with Crippen LogP contribution in [0, 0.1) is 5.41 Å². The number of hydrogen-bond acceptors (Lipinski definition) is 2. The number of rotatable bonds is 0. The Morgan fingerprint density at radius 1 is 1.13 bits per heavy atom. The molecule has 0 N–H and O–H groups in total. The summed E-state index contributed by atoms with van der Waals surface area (Å²) < 4.78 is 0. The SMILES string of the molecule is CC(C)(C)C1=NCC(=O)c2ccccc21. The van der Waals surface area contributed by atoms with Crippen molar-refractivity contribution in [3.63, 3.8) is 0 Å². The first-order chi connectivity index (χ1) is 7.00. The fourth-order valence-corrected chi connectivity index (χ4v) is 1.90.